The maximum Gasteiger partial charge on any atom is 0.127 e. The van der Waals surface area contributed by atoms with Crippen LogP contribution in [0.5, 0.6) is 5.75 Å². The van der Waals surface area contributed by atoms with Gasteiger partial charge in [-0.25, -0.2) is 0 Å². The van der Waals surface area contributed by atoms with Crippen molar-refractivity contribution in [1.82, 2.24) is 4.90 Å². The van der Waals surface area contributed by atoms with E-state index in [2.05, 4.69) is 17.0 Å². The van der Waals surface area contributed by atoms with Crippen molar-refractivity contribution in [2.24, 2.45) is 5.73 Å². The normalized spacial score (nSPS) is 11.1. The first kappa shape index (κ1) is 12.9. The molecule has 3 heteroatoms. The summed E-state index contributed by atoms with van der Waals surface area (Å²) in [5.41, 5.74) is 6.92. The molecular weight excluding hydrogens is 224 g/mol. The smallest absolute Gasteiger partial charge is 0.127 e. The van der Waals surface area contributed by atoms with Crippen LogP contribution in [0.25, 0.3) is 10.8 Å². The lowest BCUT2D eigenvalue weighted by molar-refractivity contribution is 0.263. The van der Waals surface area contributed by atoms with E-state index >= 15 is 0 Å². The van der Waals surface area contributed by atoms with E-state index in [4.69, 9.17) is 10.5 Å². The maximum absolute atomic E-state index is 5.85. The van der Waals surface area contributed by atoms with Gasteiger partial charge in [0.25, 0.3) is 0 Å². The highest BCUT2D eigenvalue weighted by atomic mass is 16.5. The van der Waals surface area contributed by atoms with Crippen LogP contribution in [0.1, 0.15) is 5.56 Å². The van der Waals surface area contributed by atoms with Crippen molar-refractivity contribution in [3.63, 3.8) is 0 Å². The van der Waals surface area contributed by atoms with Crippen molar-refractivity contribution in [1.29, 1.82) is 0 Å². The molecule has 2 aromatic carbocycles. The lowest BCUT2D eigenvalue weighted by atomic mass is 10.0. The number of likely N-dealkylation sites (N-methyl/N-ethyl adjacent to an activating group) is 1. The molecule has 2 N–H and O–H groups in total. The van der Waals surface area contributed by atoms with Gasteiger partial charge in [-0.2, -0.15) is 0 Å². The molecule has 96 valence electrons. The van der Waals surface area contributed by atoms with E-state index in [1.165, 1.54) is 5.39 Å². The highest BCUT2D eigenvalue weighted by molar-refractivity contribution is 5.91. The van der Waals surface area contributed by atoms with Crippen LogP contribution in [0.15, 0.2) is 36.4 Å². The van der Waals surface area contributed by atoms with Gasteiger partial charge in [-0.3, -0.25) is 0 Å². The Morgan fingerprint density at radius 3 is 2.44 bits per heavy atom. The van der Waals surface area contributed by atoms with Crippen LogP contribution in [0, 0.1) is 0 Å². The third-order valence-corrected chi connectivity index (χ3v) is 2.99. The number of hydrogen-bond donors (Lipinski definition) is 1. The predicted molar refractivity (Wildman–Crippen MR) is 75.9 cm³/mol. The first-order valence-corrected chi connectivity index (χ1v) is 6.20. The van der Waals surface area contributed by atoms with Gasteiger partial charge in [0.15, 0.2) is 0 Å². The Kier molecular flexibility index (Phi) is 4.18. The van der Waals surface area contributed by atoms with E-state index in [0.29, 0.717) is 13.2 Å². The van der Waals surface area contributed by atoms with Crippen molar-refractivity contribution in [2.45, 2.75) is 6.54 Å². The molecule has 18 heavy (non-hydrogen) atoms. The molecule has 0 fully saturated rings. The van der Waals surface area contributed by atoms with Gasteiger partial charge in [0.2, 0.25) is 0 Å². The van der Waals surface area contributed by atoms with E-state index in [-0.39, 0.29) is 0 Å². The monoisotopic (exact) mass is 244 g/mol. The summed E-state index contributed by atoms with van der Waals surface area (Å²) in [5.74, 6) is 0.935. The van der Waals surface area contributed by atoms with Crippen molar-refractivity contribution in [3.05, 3.63) is 42.0 Å². The van der Waals surface area contributed by atoms with E-state index in [9.17, 15) is 0 Å². The van der Waals surface area contributed by atoms with Gasteiger partial charge in [0.05, 0.1) is 0 Å². The highest BCUT2D eigenvalue weighted by Crippen LogP contribution is 2.28. The summed E-state index contributed by atoms with van der Waals surface area (Å²) in [7, 11) is 4.08. The molecule has 2 rings (SSSR count). The van der Waals surface area contributed by atoms with Crippen molar-refractivity contribution < 1.29 is 4.74 Å². The van der Waals surface area contributed by atoms with Gasteiger partial charge in [0, 0.05) is 18.5 Å². The standard InChI is InChI=1S/C15H20N2O/c1-17(2)9-10-18-15-8-7-12(11-16)13-5-3-4-6-14(13)15/h3-8H,9-11,16H2,1-2H3. The van der Waals surface area contributed by atoms with Crippen LogP contribution in [-0.4, -0.2) is 32.1 Å². The van der Waals surface area contributed by atoms with E-state index in [0.717, 1.165) is 23.2 Å². The van der Waals surface area contributed by atoms with Crippen LogP contribution < -0.4 is 10.5 Å². The second-order valence-corrected chi connectivity index (χ2v) is 4.62. The zero-order valence-corrected chi connectivity index (χ0v) is 11.0. The topological polar surface area (TPSA) is 38.5 Å². The van der Waals surface area contributed by atoms with Gasteiger partial charge in [-0.05, 0) is 31.1 Å². The second kappa shape index (κ2) is 5.85. The minimum Gasteiger partial charge on any atom is -0.492 e. The maximum atomic E-state index is 5.85. The number of nitrogens with zero attached hydrogens (tertiary/aromatic N) is 1. The fourth-order valence-corrected chi connectivity index (χ4v) is 1.98. The molecule has 0 aliphatic rings. The SMILES string of the molecule is CN(C)CCOc1ccc(CN)c2ccccc12. The number of benzene rings is 2. The molecule has 0 saturated heterocycles. The van der Waals surface area contributed by atoms with Crippen LogP contribution >= 0.6 is 0 Å². The third kappa shape index (κ3) is 2.81. The molecule has 0 aromatic heterocycles. The van der Waals surface area contributed by atoms with Gasteiger partial charge in [0.1, 0.15) is 12.4 Å². The van der Waals surface area contributed by atoms with Crippen LogP contribution in [-0.2, 0) is 6.54 Å². The minimum absolute atomic E-state index is 0.554. The lowest BCUT2D eigenvalue weighted by Crippen LogP contribution is -2.19. The molecule has 0 bridgehead atoms. The second-order valence-electron chi connectivity index (χ2n) is 4.62. The number of nitrogens with two attached hydrogens (primary N) is 1. The minimum atomic E-state index is 0.554. The molecule has 0 unspecified atom stereocenters. The summed E-state index contributed by atoms with van der Waals surface area (Å²) in [6.07, 6.45) is 0. The van der Waals surface area contributed by atoms with E-state index < -0.39 is 0 Å². The quantitative estimate of drug-likeness (QED) is 0.876. The van der Waals surface area contributed by atoms with Gasteiger partial charge in [-0.15, -0.1) is 0 Å². The van der Waals surface area contributed by atoms with Crippen molar-refractivity contribution >= 4 is 10.8 Å². The first-order valence-electron chi connectivity index (χ1n) is 6.20. The van der Waals surface area contributed by atoms with Crippen molar-refractivity contribution in [3.8, 4) is 5.75 Å². The number of rotatable bonds is 5. The van der Waals surface area contributed by atoms with E-state index in [1.807, 2.05) is 38.4 Å². The molecule has 0 amide bonds. The molecule has 0 saturated carbocycles. The molecule has 0 radical (unpaired) electrons. The first-order chi connectivity index (χ1) is 8.72. The summed E-state index contributed by atoms with van der Waals surface area (Å²) in [4.78, 5) is 2.11. The molecule has 0 atom stereocenters. The Labute approximate surface area is 108 Å². The summed E-state index contributed by atoms with van der Waals surface area (Å²) in [6, 6.07) is 12.3. The predicted octanol–water partition coefficient (Wildman–Crippen LogP) is 2.24. The number of hydrogen-bond acceptors (Lipinski definition) is 3. The summed E-state index contributed by atoms with van der Waals surface area (Å²) in [5, 5.41) is 2.32. The van der Waals surface area contributed by atoms with Gasteiger partial charge < -0.3 is 15.4 Å². The Balaban J connectivity index is 2.28. The molecule has 2 aromatic rings. The Hall–Kier alpha value is -1.58. The molecular formula is C15H20N2O. The zero-order valence-electron chi connectivity index (χ0n) is 11.0. The summed E-state index contributed by atoms with van der Waals surface area (Å²) < 4.78 is 5.85. The lowest BCUT2D eigenvalue weighted by Gasteiger charge is -2.14. The number of ether oxygens (including phenoxy) is 1. The largest absolute Gasteiger partial charge is 0.492 e. The van der Waals surface area contributed by atoms with Crippen LogP contribution in [0.3, 0.4) is 0 Å². The van der Waals surface area contributed by atoms with E-state index in [1.54, 1.807) is 0 Å². The Morgan fingerprint density at radius 2 is 1.78 bits per heavy atom. The molecule has 0 heterocycles. The third-order valence-electron chi connectivity index (χ3n) is 2.99. The molecule has 0 aliphatic carbocycles. The fraction of sp³-hybridized carbons (Fsp3) is 0.333. The van der Waals surface area contributed by atoms with Gasteiger partial charge in [-0.1, -0.05) is 30.3 Å². The average Bonchev–Trinajstić information content (AvgIpc) is 2.38. The highest BCUT2D eigenvalue weighted by Gasteiger charge is 2.05. The van der Waals surface area contributed by atoms with Crippen LogP contribution in [0.2, 0.25) is 0 Å². The summed E-state index contributed by atoms with van der Waals surface area (Å²) in [6.45, 7) is 2.16. The molecule has 0 spiro atoms. The zero-order chi connectivity index (χ0) is 13.0. The van der Waals surface area contributed by atoms with Crippen LogP contribution in [0.4, 0.5) is 0 Å². The Morgan fingerprint density at radius 1 is 1.06 bits per heavy atom. The Bertz CT molecular complexity index is 523. The average molecular weight is 244 g/mol. The van der Waals surface area contributed by atoms with Crippen molar-refractivity contribution in [2.75, 3.05) is 27.2 Å². The summed E-state index contributed by atoms with van der Waals surface area (Å²) >= 11 is 0. The number of fused-ring (bicyclic) bond motifs is 1. The fourth-order valence-electron chi connectivity index (χ4n) is 1.98. The molecule has 0 aliphatic heterocycles. The van der Waals surface area contributed by atoms with Gasteiger partial charge >= 0.3 is 0 Å². The molecule has 3 nitrogen and oxygen atoms in total.